The van der Waals surface area contributed by atoms with Gasteiger partial charge in [-0.05, 0) is 65.2 Å². The van der Waals surface area contributed by atoms with Crippen LogP contribution >= 0.6 is 0 Å². The number of amides is 1. The Kier molecular flexibility index (Phi) is 4.54. The van der Waals surface area contributed by atoms with Crippen LogP contribution in [0.15, 0.2) is 83.8 Å². The minimum atomic E-state index is -4.54. The normalized spacial score (nSPS) is 13.3. The smallest absolute Gasteiger partial charge is 0.326 e. The van der Waals surface area contributed by atoms with E-state index in [0.29, 0.717) is 28.2 Å². The molecule has 1 N–H and O–H groups in total. The second-order valence-electron chi connectivity index (χ2n) is 8.45. The molecule has 6 rings (SSSR count). The number of carbonyl (C=O) groups excluding carboxylic acids is 1. The summed E-state index contributed by atoms with van der Waals surface area (Å²) in [4.78, 5) is 29.2. The monoisotopic (exact) mass is 471 g/mol. The van der Waals surface area contributed by atoms with Gasteiger partial charge in [0.25, 0.3) is 5.56 Å². The van der Waals surface area contributed by atoms with Crippen LogP contribution in [-0.4, -0.2) is 15.5 Å². The van der Waals surface area contributed by atoms with Crippen molar-refractivity contribution in [3.8, 4) is 16.8 Å². The molecule has 0 fully saturated rings. The zero-order chi connectivity index (χ0) is 24.3. The molecule has 8 heteroatoms. The highest BCUT2D eigenvalue weighted by Crippen LogP contribution is 2.34. The number of fused-ring (bicyclic) bond motifs is 4. The van der Waals surface area contributed by atoms with E-state index in [1.54, 1.807) is 12.3 Å². The fraction of sp³-hybridized carbons (Fsp3) is 0.0741. The fourth-order valence-corrected chi connectivity index (χ4v) is 4.58. The first-order chi connectivity index (χ1) is 16.8. The number of aromatic nitrogens is 2. The van der Waals surface area contributed by atoms with Crippen molar-refractivity contribution in [3.05, 3.63) is 100 Å². The van der Waals surface area contributed by atoms with Gasteiger partial charge in [-0.25, -0.2) is 0 Å². The highest BCUT2D eigenvalue weighted by Gasteiger charge is 2.30. The van der Waals surface area contributed by atoms with Gasteiger partial charge in [-0.1, -0.05) is 18.2 Å². The summed E-state index contributed by atoms with van der Waals surface area (Å²) in [7, 11) is 0. The average Bonchev–Trinajstić information content (AvgIpc) is 3.22. The quantitative estimate of drug-likeness (QED) is 0.335. The lowest BCUT2D eigenvalue weighted by Gasteiger charge is -2.15. The summed E-state index contributed by atoms with van der Waals surface area (Å²) in [6.07, 6.45) is -2.63. The summed E-state index contributed by atoms with van der Waals surface area (Å²) >= 11 is 0. The van der Waals surface area contributed by atoms with Crippen LogP contribution in [0.25, 0.3) is 38.6 Å². The molecule has 3 heterocycles. The molecule has 0 saturated carbocycles. The van der Waals surface area contributed by atoms with E-state index >= 15 is 0 Å². The van der Waals surface area contributed by atoms with Gasteiger partial charge in [0, 0.05) is 34.4 Å². The Morgan fingerprint density at radius 3 is 2.51 bits per heavy atom. The van der Waals surface area contributed by atoms with Crippen LogP contribution in [0.5, 0.6) is 0 Å². The van der Waals surface area contributed by atoms with Crippen molar-refractivity contribution < 1.29 is 18.0 Å². The Morgan fingerprint density at radius 2 is 1.69 bits per heavy atom. The summed E-state index contributed by atoms with van der Waals surface area (Å²) in [6, 6.07) is 18.9. The zero-order valence-electron chi connectivity index (χ0n) is 18.1. The summed E-state index contributed by atoms with van der Waals surface area (Å²) in [6.45, 7) is 0. The number of anilines is 1. The number of pyridine rings is 2. The van der Waals surface area contributed by atoms with Crippen LogP contribution < -0.4 is 10.9 Å². The number of halogens is 3. The van der Waals surface area contributed by atoms with Gasteiger partial charge in [-0.15, -0.1) is 0 Å². The molecule has 0 atom stereocenters. The maximum absolute atomic E-state index is 13.4. The topological polar surface area (TPSA) is 64.0 Å². The van der Waals surface area contributed by atoms with Gasteiger partial charge in [0.2, 0.25) is 5.91 Å². The fourth-order valence-electron chi connectivity index (χ4n) is 4.58. The Balaban J connectivity index is 1.61. The summed E-state index contributed by atoms with van der Waals surface area (Å²) < 4.78 is 41.5. The van der Waals surface area contributed by atoms with Crippen molar-refractivity contribution in [2.45, 2.75) is 12.6 Å². The zero-order valence-corrected chi connectivity index (χ0v) is 18.1. The molecule has 5 aromatic rings. The molecular weight excluding hydrogens is 455 g/mol. The third-order valence-electron chi connectivity index (χ3n) is 6.21. The van der Waals surface area contributed by atoms with Gasteiger partial charge in [0.1, 0.15) is 0 Å². The van der Waals surface area contributed by atoms with Crippen molar-refractivity contribution in [1.29, 1.82) is 0 Å². The SMILES string of the molecule is O=C1Cc2cc(-c3ccc4ncc5ccc(=O)n(-c6cccc(C(F)(F)F)c6)c5c4c3)ccc2N1. The number of nitrogens with zero attached hydrogens (tertiary/aromatic N) is 2. The summed E-state index contributed by atoms with van der Waals surface area (Å²) in [5.74, 6) is -0.0593. The van der Waals surface area contributed by atoms with E-state index in [9.17, 15) is 22.8 Å². The van der Waals surface area contributed by atoms with Crippen LogP contribution in [0.2, 0.25) is 0 Å². The number of rotatable bonds is 2. The first kappa shape index (κ1) is 21.1. The van der Waals surface area contributed by atoms with E-state index in [4.69, 9.17) is 0 Å². The van der Waals surface area contributed by atoms with Gasteiger partial charge in [-0.2, -0.15) is 13.2 Å². The lowest BCUT2D eigenvalue weighted by Crippen LogP contribution is -2.18. The second kappa shape index (κ2) is 7.53. The van der Waals surface area contributed by atoms with E-state index in [1.165, 1.54) is 22.8 Å². The summed E-state index contributed by atoms with van der Waals surface area (Å²) in [5, 5.41) is 4.06. The van der Waals surface area contributed by atoms with E-state index in [-0.39, 0.29) is 11.6 Å². The molecule has 0 saturated heterocycles. The Hall–Kier alpha value is -4.46. The average molecular weight is 471 g/mol. The molecule has 3 aromatic carbocycles. The Labute approximate surface area is 196 Å². The van der Waals surface area contributed by atoms with Gasteiger partial charge in [-0.3, -0.25) is 19.1 Å². The predicted molar refractivity (Wildman–Crippen MR) is 128 cm³/mol. The number of alkyl halides is 3. The summed E-state index contributed by atoms with van der Waals surface area (Å²) in [5.41, 5.74) is 3.30. The largest absolute Gasteiger partial charge is 0.416 e. The molecule has 172 valence electrons. The Morgan fingerprint density at radius 1 is 0.886 bits per heavy atom. The lowest BCUT2D eigenvalue weighted by molar-refractivity contribution is -0.137. The molecule has 5 nitrogen and oxygen atoms in total. The van der Waals surface area contributed by atoms with Crippen LogP contribution in [0.4, 0.5) is 18.9 Å². The van der Waals surface area contributed by atoms with E-state index in [2.05, 4.69) is 10.3 Å². The van der Waals surface area contributed by atoms with Gasteiger partial charge >= 0.3 is 6.18 Å². The predicted octanol–water partition coefficient (Wildman–Crippen LogP) is 5.72. The first-order valence-electron chi connectivity index (χ1n) is 10.8. The third kappa shape index (κ3) is 3.54. The van der Waals surface area contributed by atoms with Crippen molar-refractivity contribution in [3.63, 3.8) is 0 Å². The van der Waals surface area contributed by atoms with Crippen LogP contribution in [0, 0.1) is 0 Å². The van der Waals surface area contributed by atoms with Crippen LogP contribution in [0.3, 0.4) is 0 Å². The second-order valence-corrected chi connectivity index (χ2v) is 8.45. The lowest BCUT2D eigenvalue weighted by atomic mass is 9.99. The molecular formula is C27H16F3N3O2. The van der Waals surface area contributed by atoms with E-state index in [1.807, 2.05) is 36.4 Å². The minimum Gasteiger partial charge on any atom is -0.326 e. The molecule has 0 aliphatic carbocycles. The van der Waals surface area contributed by atoms with Gasteiger partial charge < -0.3 is 5.32 Å². The molecule has 2 aromatic heterocycles. The standard InChI is InChI=1S/C27H16F3N3O2/c28-27(29,30)19-2-1-3-20(13-19)33-25(35)9-6-17-14-31-23-8-5-16(11-21(23)26(17)33)15-4-7-22-18(10-15)12-24(34)32-22/h1-11,13-14H,12H2,(H,32,34). The first-order valence-corrected chi connectivity index (χ1v) is 10.8. The third-order valence-corrected chi connectivity index (χ3v) is 6.21. The maximum atomic E-state index is 13.4. The van der Waals surface area contributed by atoms with Gasteiger partial charge in [0.05, 0.1) is 23.0 Å². The van der Waals surface area contributed by atoms with Crippen molar-refractivity contribution in [2.75, 3.05) is 5.32 Å². The maximum Gasteiger partial charge on any atom is 0.416 e. The number of benzene rings is 3. The van der Waals surface area contributed by atoms with Gasteiger partial charge in [0.15, 0.2) is 0 Å². The number of carbonyl (C=O) groups is 1. The van der Waals surface area contributed by atoms with E-state index < -0.39 is 17.3 Å². The van der Waals surface area contributed by atoms with Crippen molar-refractivity contribution >= 4 is 33.4 Å². The van der Waals surface area contributed by atoms with Crippen molar-refractivity contribution in [2.24, 2.45) is 0 Å². The molecule has 35 heavy (non-hydrogen) atoms. The molecule has 1 aliphatic heterocycles. The molecule has 0 radical (unpaired) electrons. The minimum absolute atomic E-state index is 0.0593. The molecule has 0 unspecified atom stereocenters. The molecule has 1 aliphatic rings. The highest BCUT2D eigenvalue weighted by molar-refractivity contribution is 6.05. The number of hydrogen-bond acceptors (Lipinski definition) is 3. The molecule has 1 amide bonds. The van der Waals surface area contributed by atoms with E-state index in [0.717, 1.165) is 34.5 Å². The van der Waals surface area contributed by atoms with Crippen LogP contribution in [-0.2, 0) is 17.4 Å². The van der Waals surface area contributed by atoms with Crippen LogP contribution in [0.1, 0.15) is 11.1 Å². The molecule has 0 spiro atoms. The van der Waals surface area contributed by atoms with Crippen molar-refractivity contribution in [1.82, 2.24) is 9.55 Å². The highest BCUT2D eigenvalue weighted by atomic mass is 19.4. The number of nitrogens with one attached hydrogen (secondary N) is 1. The number of hydrogen-bond donors (Lipinski definition) is 1. The molecule has 0 bridgehead atoms. The Bertz CT molecular complexity index is 1740.